The minimum Gasteiger partial charge on any atom is -0.253 e. The predicted molar refractivity (Wildman–Crippen MR) is 77.1 cm³/mol. The van der Waals surface area contributed by atoms with Crippen LogP contribution in [0.4, 0.5) is 0 Å². The van der Waals surface area contributed by atoms with E-state index in [1.807, 2.05) is 12.1 Å². The Balaban J connectivity index is 0.000000771. The molecule has 2 radical (unpaired) electrons. The first-order chi connectivity index (χ1) is 8.59. The first-order valence-corrected chi connectivity index (χ1v) is 6.30. The van der Waals surface area contributed by atoms with Crippen molar-refractivity contribution in [2.24, 2.45) is 0 Å². The average molecular weight is 241 g/mol. The smallest absolute Gasteiger partial charge is 0.131 e. The Morgan fingerprint density at radius 1 is 1.00 bits per heavy atom. The van der Waals surface area contributed by atoms with E-state index in [2.05, 4.69) is 50.5 Å². The van der Waals surface area contributed by atoms with Crippen molar-refractivity contribution < 1.29 is 0 Å². The number of rotatable bonds is 2. The molecular weight excluding hydrogens is 221 g/mol. The van der Waals surface area contributed by atoms with E-state index < -0.39 is 0 Å². The van der Waals surface area contributed by atoms with Crippen LogP contribution in [-0.4, -0.2) is 22.8 Å². The van der Waals surface area contributed by atoms with Gasteiger partial charge in [-0.15, -0.1) is 0 Å². The Labute approximate surface area is 110 Å². The fraction of sp³-hybridized carbons (Fsp3) is 0.500. The van der Waals surface area contributed by atoms with Crippen molar-refractivity contribution in [1.29, 1.82) is 0 Å². The summed E-state index contributed by atoms with van der Waals surface area (Å²) in [6, 6.07) is 3.92. The molecule has 0 saturated heterocycles. The fourth-order valence-corrected chi connectivity index (χ4v) is 1.67. The lowest BCUT2D eigenvalue weighted by Crippen LogP contribution is -2.05. The summed E-state index contributed by atoms with van der Waals surface area (Å²) in [6.07, 6.45) is 1.80. The van der Waals surface area contributed by atoms with Gasteiger partial charge in [0.05, 0.1) is 19.1 Å². The number of nitrogens with zero attached hydrogens (tertiary/aromatic N) is 3. The van der Waals surface area contributed by atoms with Crippen LogP contribution < -0.4 is 0 Å². The monoisotopic (exact) mass is 241 g/mol. The zero-order valence-corrected chi connectivity index (χ0v) is 11.8. The molecule has 0 atom stereocenters. The quantitative estimate of drug-likeness (QED) is 0.755. The van der Waals surface area contributed by atoms with Crippen LogP contribution >= 0.6 is 0 Å². The molecule has 3 nitrogen and oxygen atoms in total. The van der Waals surface area contributed by atoms with E-state index >= 15 is 0 Å². The van der Waals surface area contributed by atoms with Crippen molar-refractivity contribution in [2.45, 2.75) is 46.4 Å². The van der Waals surface area contributed by atoms with Crippen LogP contribution in [0, 0.1) is 0 Å². The maximum atomic E-state index is 4.63. The Kier molecular flexibility index (Phi) is 5.26. The molecule has 2 rings (SSSR count). The third-order valence-corrected chi connectivity index (χ3v) is 2.56. The molecule has 0 aliphatic rings. The molecule has 2 aromatic rings. The van der Waals surface area contributed by atoms with Crippen molar-refractivity contribution in [3.63, 3.8) is 0 Å². The largest absolute Gasteiger partial charge is 0.253 e. The molecule has 18 heavy (non-hydrogen) atoms. The van der Waals surface area contributed by atoms with E-state index in [0.717, 1.165) is 22.6 Å². The normalized spacial score (nSPS) is 10.6. The highest BCUT2D eigenvalue weighted by molar-refractivity contribution is 6.05. The van der Waals surface area contributed by atoms with E-state index in [1.165, 1.54) is 6.82 Å². The summed E-state index contributed by atoms with van der Waals surface area (Å²) in [6.45, 7) is 10.0. The molecule has 0 fully saturated rings. The van der Waals surface area contributed by atoms with Crippen LogP contribution in [0.3, 0.4) is 0 Å². The van der Waals surface area contributed by atoms with Gasteiger partial charge < -0.3 is 0 Å². The van der Waals surface area contributed by atoms with Crippen LogP contribution in [0.1, 0.15) is 51.0 Å². The second-order valence-electron chi connectivity index (χ2n) is 4.65. The highest BCUT2D eigenvalue weighted by atomic mass is 14.9. The molecule has 94 valence electrons. The maximum Gasteiger partial charge on any atom is 0.131 e. The number of hydrogen-bond donors (Lipinski definition) is 0. The lowest BCUT2D eigenvalue weighted by Gasteiger charge is -2.11. The first kappa shape index (κ1) is 14.6. The van der Waals surface area contributed by atoms with E-state index in [-0.39, 0.29) is 0 Å². The third-order valence-electron chi connectivity index (χ3n) is 2.56. The molecule has 2 heterocycles. The molecule has 2 aromatic heterocycles. The van der Waals surface area contributed by atoms with Crippen LogP contribution in [0.25, 0.3) is 11.0 Å². The summed E-state index contributed by atoms with van der Waals surface area (Å²) in [5.74, 6) is 1.63. The van der Waals surface area contributed by atoms with Crippen LogP contribution in [0.5, 0.6) is 0 Å². The minimum absolute atomic E-state index is 0.349. The topological polar surface area (TPSA) is 38.7 Å². The van der Waals surface area contributed by atoms with Crippen molar-refractivity contribution in [3.8, 4) is 0 Å². The fourth-order valence-electron chi connectivity index (χ4n) is 1.67. The van der Waals surface area contributed by atoms with Gasteiger partial charge in [-0.05, 0) is 18.1 Å². The molecule has 0 aliphatic heterocycles. The molecule has 0 bridgehead atoms. The summed E-state index contributed by atoms with van der Waals surface area (Å²) >= 11 is 0. The maximum absolute atomic E-state index is 4.63. The van der Waals surface area contributed by atoms with Crippen LogP contribution in [-0.2, 0) is 0 Å². The molecule has 0 spiro atoms. The summed E-state index contributed by atoms with van der Waals surface area (Å²) in [5, 5.41) is 0. The van der Waals surface area contributed by atoms with Crippen LogP contribution in [0.15, 0.2) is 18.3 Å². The minimum atomic E-state index is 0.349. The van der Waals surface area contributed by atoms with Crippen LogP contribution in [0.2, 0.25) is 6.82 Å². The van der Waals surface area contributed by atoms with E-state index in [1.54, 1.807) is 6.20 Å². The molecular formula is C14H20BN3. The summed E-state index contributed by atoms with van der Waals surface area (Å²) < 4.78 is 0. The molecule has 0 saturated carbocycles. The standard InChI is InChI=1S/C13H17N3.CH3B/c1-8(2)11-12-10(6-5-7-14-12)15-13(16-11)9(3)4;1-2/h5-9H,1-4H3;1H3. The zero-order valence-electron chi connectivity index (χ0n) is 11.8. The average Bonchev–Trinajstić information content (AvgIpc) is 2.39. The van der Waals surface area contributed by atoms with Crippen molar-refractivity contribution >= 4 is 18.9 Å². The van der Waals surface area contributed by atoms with E-state index in [9.17, 15) is 0 Å². The summed E-state index contributed by atoms with van der Waals surface area (Å²) in [7, 11) is 4.50. The van der Waals surface area contributed by atoms with Crippen molar-refractivity contribution in [1.82, 2.24) is 15.0 Å². The van der Waals surface area contributed by atoms with Gasteiger partial charge in [-0.25, -0.2) is 9.97 Å². The van der Waals surface area contributed by atoms with Gasteiger partial charge in [0.1, 0.15) is 11.3 Å². The lowest BCUT2D eigenvalue weighted by molar-refractivity contribution is 0.740. The van der Waals surface area contributed by atoms with Gasteiger partial charge in [-0.3, -0.25) is 4.98 Å². The predicted octanol–water partition coefficient (Wildman–Crippen LogP) is 3.47. The third kappa shape index (κ3) is 3.06. The first-order valence-electron chi connectivity index (χ1n) is 6.30. The summed E-state index contributed by atoms with van der Waals surface area (Å²) in [5.41, 5.74) is 2.93. The Hall–Kier alpha value is -1.45. The SMILES string of the molecule is CC(C)c1nc(C(C)C)c2ncccc2n1.[B]C. The molecule has 0 amide bonds. The molecule has 4 heteroatoms. The highest BCUT2D eigenvalue weighted by Crippen LogP contribution is 2.22. The zero-order chi connectivity index (χ0) is 13.7. The van der Waals surface area contributed by atoms with Crippen molar-refractivity contribution in [3.05, 3.63) is 29.8 Å². The number of aromatic nitrogens is 3. The van der Waals surface area contributed by atoms with Gasteiger partial charge >= 0.3 is 0 Å². The van der Waals surface area contributed by atoms with Gasteiger partial charge in [-0.1, -0.05) is 34.5 Å². The van der Waals surface area contributed by atoms with Gasteiger partial charge in [0.25, 0.3) is 0 Å². The Morgan fingerprint density at radius 2 is 1.67 bits per heavy atom. The number of pyridine rings is 1. The second-order valence-corrected chi connectivity index (χ2v) is 4.65. The lowest BCUT2D eigenvalue weighted by atomic mass is 10.1. The van der Waals surface area contributed by atoms with E-state index in [4.69, 9.17) is 0 Å². The van der Waals surface area contributed by atoms with Gasteiger partial charge in [0.15, 0.2) is 0 Å². The van der Waals surface area contributed by atoms with Crippen molar-refractivity contribution in [2.75, 3.05) is 0 Å². The molecule has 0 unspecified atom stereocenters. The Bertz CT molecular complexity index is 509. The highest BCUT2D eigenvalue weighted by Gasteiger charge is 2.13. The number of hydrogen-bond acceptors (Lipinski definition) is 3. The molecule has 0 aliphatic carbocycles. The van der Waals surface area contributed by atoms with E-state index in [0.29, 0.717) is 11.8 Å². The van der Waals surface area contributed by atoms with Gasteiger partial charge in [0.2, 0.25) is 0 Å². The van der Waals surface area contributed by atoms with Gasteiger partial charge in [0, 0.05) is 12.1 Å². The number of fused-ring (bicyclic) bond motifs is 1. The second kappa shape index (κ2) is 6.48. The summed E-state index contributed by atoms with van der Waals surface area (Å²) in [4.78, 5) is 13.5. The molecule has 0 N–H and O–H groups in total. The van der Waals surface area contributed by atoms with Gasteiger partial charge in [-0.2, -0.15) is 0 Å². The Morgan fingerprint density at radius 3 is 2.22 bits per heavy atom. The molecule has 0 aromatic carbocycles.